The summed E-state index contributed by atoms with van der Waals surface area (Å²) >= 11 is 0. The van der Waals surface area contributed by atoms with Gasteiger partial charge in [-0.1, -0.05) is 6.92 Å². The molecule has 0 amide bonds. The van der Waals surface area contributed by atoms with Crippen molar-refractivity contribution in [2.75, 3.05) is 0 Å². The quantitative estimate of drug-likeness (QED) is 0.448. The van der Waals surface area contributed by atoms with Crippen LogP contribution in [0.25, 0.3) is 0 Å². The third kappa shape index (κ3) is 2.59. The molecule has 58 valence electrons. The van der Waals surface area contributed by atoms with E-state index in [9.17, 15) is 9.90 Å². The number of hydrogen-bond donors (Lipinski definition) is 0. The first-order chi connectivity index (χ1) is 5.25. The van der Waals surface area contributed by atoms with Gasteiger partial charge in [-0.3, -0.25) is 4.98 Å². The fraction of sp³-hybridized carbons (Fsp3) is 0.250. The molecule has 0 aliphatic heterocycles. The Morgan fingerprint density at radius 2 is 2.33 bits per heavy atom. The zero-order valence-corrected chi connectivity index (χ0v) is 9.20. The maximum absolute atomic E-state index is 10.4. The molecular formula is C8H8NNaO2. The number of carboxylic acid groups (broad SMARTS) is 1. The van der Waals surface area contributed by atoms with Crippen LogP contribution >= 0.6 is 0 Å². The first kappa shape index (κ1) is 11.6. The predicted molar refractivity (Wildman–Crippen MR) is 37.9 cm³/mol. The van der Waals surface area contributed by atoms with Crippen molar-refractivity contribution < 1.29 is 39.5 Å². The number of pyridine rings is 1. The van der Waals surface area contributed by atoms with Crippen LogP contribution in [-0.4, -0.2) is 11.0 Å². The van der Waals surface area contributed by atoms with Crippen molar-refractivity contribution in [2.45, 2.75) is 13.3 Å². The molecule has 3 nitrogen and oxygen atoms in total. The van der Waals surface area contributed by atoms with E-state index in [1.807, 2.05) is 6.92 Å². The summed E-state index contributed by atoms with van der Waals surface area (Å²) in [7, 11) is 0. The van der Waals surface area contributed by atoms with Crippen LogP contribution in [0.5, 0.6) is 0 Å². The smallest absolute Gasteiger partial charge is 0.545 e. The molecule has 0 saturated carbocycles. The van der Waals surface area contributed by atoms with Crippen molar-refractivity contribution >= 4 is 5.97 Å². The maximum atomic E-state index is 10.4. The molecular weight excluding hydrogens is 165 g/mol. The minimum Gasteiger partial charge on any atom is -0.545 e. The predicted octanol–water partition coefficient (Wildman–Crippen LogP) is -2.99. The van der Waals surface area contributed by atoms with E-state index < -0.39 is 5.97 Å². The molecule has 0 aliphatic rings. The average Bonchev–Trinajstić information content (AvgIpc) is 2.04. The molecule has 0 bridgehead atoms. The van der Waals surface area contributed by atoms with E-state index in [0.29, 0.717) is 12.1 Å². The zero-order chi connectivity index (χ0) is 8.27. The molecule has 0 N–H and O–H groups in total. The van der Waals surface area contributed by atoms with E-state index in [-0.39, 0.29) is 35.1 Å². The van der Waals surface area contributed by atoms with Gasteiger partial charge < -0.3 is 9.90 Å². The molecule has 0 fully saturated rings. The summed E-state index contributed by atoms with van der Waals surface area (Å²) in [5.74, 6) is -1.16. The Hall–Kier alpha value is -0.380. The minimum atomic E-state index is -1.16. The number of carboxylic acids is 1. The normalized spacial score (nSPS) is 8.75. The van der Waals surface area contributed by atoms with Crippen LogP contribution in [0.2, 0.25) is 0 Å². The van der Waals surface area contributed by atoms with Gasteiger partial charge in [0.05, 0.1) is 5.97 Å². The molecule has 0 radical (unpaired) electrons. The molecule has 1 rings (SSSR count). The van der Waals surface area contributed by atoms with Crippen LogP contribution in [-0.2, 0) is 6.42 Å². The van der Waals surface area contributed by atoms with Gasteiger partial charge >= 0.3 is 29.6 Å². The Bertz CT molecular complexity index is 276. The summed E-state index contributed by atoms with van der Waals surface area (Å²) in [5, 5.41) is 10.4. The fourth-order valence-electron chi connectivity index (χ4n) is 0.906. The number of carbonyl (C=O) groups excluding carboxylic acids is 1. The van der Waals surface area contributed by atoms with Crippen LogP contribution in [0.3, 0.4) is 0 Å². The van der Waals surface area contributed by atoms with Crippen LogP contribution < -0.4 is 34.7 Å². The molecule has 1 aromatic heterocycles. The fourth-order valence-corrected chi connectivity index (χ4v) is 0.906. The Morgan fingerprint density at radius 3 is 2.75 bits per heavy atom. The SMILES string of the molecule is CCc1ncccc1C(=O)[O-].[Na+]. The second kappa shape index (κ2) is 5.30. The van der Waals surface area contributed by atoms with Gasteiger partial charge in [-0.05, 0) is 18.6 Å². The molecule has 1 aromatic rings. The average molecular weight is 173 g/mol. The first-order valence-corrected chi connectivity index (χ1v) is 3.41. The van der Waals surface area contributed by atoms with Gasteiger partial charge in [-0.2, -0.15) is 0 Å². The summed E-state index contributed by atoms with van der Waals surface area (Å²) in [6, 6.07) is 3.09. The van der Waals surface area contributed by atoms with Crippen molar-refractivity contribution in [1.29, 1.82) is 0 Å². The maximum Gasteiger partial charge on any atom is 1.00 e. The first-order valence-electron chi connectivity index (χ1n) is 3.41. The molecule has 0 atom stereocenters. The van der Waals surface area contributed by atoms with Crippen LogP contribution in [0, 0.1) is 0 Å². The van der Waals surface area contributed by atoms with E-state index in [2.05, 4.69) is 4.98 Å². The second-order valence-electron chi connectivity index (χ2n) is 2.14. The summed E-state index contributed by atoms with van der Waals surface area (Å²) in [6.45, 7) is 1.86. The molecule has 0 unspecified atom stereocenters. The van der Waals surface area contributed by atoms with Crippen molar-refractivity contribution in [3.8, 4) is 0 Å². The third-order valence-corrected chi connectivity index (χ3v) is 1.45. The minimum absolute atomic E-state index is 0. The number of carbonyl (C=O) groups is 1. The summed E-state index contributed by atoms with van der Waals surface area (Å²) in [6.07, 6.45) is 2.19. The van der Waals surface area contributed by atoms with Crippen molar-refractivity contribution in [1.82, 2.24) is 4.98 Å². The molecule has 0 saturated heterocycles. The van der Waals surface area contributed by atoms with Gasteiger partial charge in [-0.15, -0.1) is 0 Å². The van der Waals surface area contributed by atoms with E-state index >= 15 is 0 Å². The van der Waals surface area contributed by atoms with E-state index in [0.717, 1.165) is 0 Å². The Balaban J connectivity index is 0.00000121. The van der Waals surface area contributed by atoms with E-state index in [1.165, 1.54) is 6.07 Å². The number of aromatic carboxylic acids is 1. The van der Waals surface area contributed by atoms with Crippen molar-refractivity contribution in [3.05, 3.63) is 29.6 Å². The Kier molecular flexibility index (Phi) is 5.13. The van der Waals surface area contributed by atoms with Crippen LogP contribution in [0.15, 0.2) is 18.3 Å². The van der Waals surface area contributed by atoms with Crippen molar-refractivity contribution in [3.63, 3.8) is 0 Å². The molecule has 0 aliphatic carbocycles. The van der Waals surface area contributed by atoms with Crippen molar-refractivity contribution in [2.24, 2.45) is 0 Å². The van der Waals surface area contributed by atoms with Crippen LogP contribution in [0.4, 0.5) is 0 Å². The third-order valence-electron chi connectivity index (χ3n) is 1.45. The summed E-state index contributed by atoms with van der Waals surface area (Å²) in [4.78, 5) is 14.3. The standard InChI is InChI=1S/C8H9NO2.Na/c1-2-7-6(8(10)11)4-3-5-9-7;/h3-5H,2H2,1H3,(H,10,11);/q;+1/p-1. The van der Waals surface area contributed by atoms with Gasteiger partial charge in [0.25, 0.3) is 0 Å². The number of rotatable bonds is 2. The number of aromatic nitrogens is 1. The Morgan fingerprint density at radius 1 is 1.67 bits per heavy atom. The van der Waals surface area contributed by atoms with Gasteiger partial charge in [0.15, 0.2) is 0 Å². The summed E-state index contributed by atoms with van der Waals surface area (Å²) < 4.78 is 0. The van der Waals surface area contributed by atoms with E-state index in [4.69, 9.17) is 0 Å². The summed E-state index contributed by atoms with van der Waals surface area (Å²) in [5.41, 5.74) is 0.766. The number of hydrogen-bond acceptors (Lipinski definition) is 3. The number of aryl methyl sites for hydroxylation is 1. The second-order valence-corrected chi connectivity index (χ2v) is 2.14. The van der Waals surface area contributed by atoms with Gasteiger partial charge in [0, 0.05) is 17.5 Å². The monoisotopic (exact) mass is 173 g/mol. The number of nitrogens with zero attached hydrogens (tertiary/aromatic N) is 1. The largest absolute Gasteiger partial charge is 1.00 e. The molecule has 4 heteroatoms. The van der Waals surface area contributed by atoms with Crippen LogP contribution in [0.1, 0.15) is 23.0 Å². The van der Waals surface area contributed by atoms with Gasteiger partial charge in [-0.25, -0.2) is 0 Å². The van der Waals surface area contributed by atoms with Gasteiger partial charge in [0.1, 0.15) is 0 Å². The van der Waals surface area contributed by atoms with E-state index in [1.54, 1.807) is 12.3 Å². The molecule has 0 spiro atoms. The molecule has 1 heterocycles. The van der Waals surface area contributed by atoms with Gasteiger partial charge in [0.2, 0.25) is 0 Å². The topological polar surface area (TPSA) is 53.0 Å². The Labute approximate surface area is 93.1 Å². The molecule has 12 heavy (non-hydrogen) atoms. The molecule has 0 aromatic carbocycles. The zero-order valence-electron chi connectivity index (χ0n) is 7.20.